The zero-order chi connectivity index (χ0) is 20.5. The molecule has 1 spiro atoms. The van der Waals surface area contributed by atoms with Crippen molar-refractivity contribution in [3.05, 3.63) is 53.3 Å². The van der Waals surface area contributed by atoms with Gasteiger partial charge in [-0.2, -0.15) is 0 Å². The minimum Gasteiger partial charge on any atom is -0.367 e. The van der Waals surface area contributed by atoms with Crippen LogP contribution in [0.2, 0.25) is 5.02 Å². The molecule has 152 valence electrons. The van der Waals surface area contributed by atoms with E-state index >= 15 is 0 Å². The summed E-state index contributed by atoms with van der Waals surface area (Å²) in [6.45, 7) is 4.75. The van der Waals surface area contributed by atoms with E-state index < -0.39 is 5.82 Å². The Balaban J connectivity index is 1.40. The van der Waals surface area contributed by atoms with Crippen LogP contribution in [0.5, 0.6) is 0 Å². The minimum absolute atomic E-state index is 0.285. The SMILES string of the molecule is Cc1cn2cc(-c3cc(Cl)c4cc(N5CCNC6(CC6)C5)cnc4n3)cc(F)c2n1. The maximum absolute atomic E-state index is 14.5. The van der Waals surface area contributed by atoms with E-state index in [1.54, 1.807) is 16.7 Å². The number of piperazine rings is 1. The molecule has 8 heteroatoms. The van der Waals surface area contributed by atoms with Crippen molar-refractivity contribution in [3.63, 3.8) is 0 Å². The molecule has 1 saturated carbocycles. The van der Waals surface area contributed by atoms with Crippen molar-refractivity contribution < 1.29 is 4.39 Å². The lowest BCUT2D eigenvalue weighted by molar-refractivity contribution is 0.442. The molecule has 2 aliphatic rings. The lowest BCUT2D eigenvalue weighted by atomic mass is 10.1. The Morgan fingerprint density at radius 2 is 2.03 bits per heavy atom. The number of hydrogen-bond acceptors (Lipinski definition) is 5. The summed E-state index contributed by atoms with van der Waals surface area (Å²) in [7, 11) is 0. The van der Waals surface area contributed by atoms with Gasteiger partial charge in [0, 0.05) is 48.5 Å². The van der Waals surface area contributed by atoms with E-state index in [4.69, 9.17) is 11.6 Å². The van der Waals surface area contributed by atoms with Gasteiger partial charge in [0.2, 0.25) is 0 Å². The molecule has 1 N–H and O–H groups in total. The van der Waals surface area contributed by atoms with Gasteiger partial charge in [-0.05, 0) is 38.0 Å². The summed E-state index contributed by atoms with van der Waals surface area (Å²) in [6, 6.07) is 5.28. The average Bonchev–Trinajstić information content (AvgIpc) is 3.35. The van der Waals surface area contributed by atoms with Crippen molar-refractivity contribution in [1.82, 2.24) is 24.7 Å². The van der Waals surface area contributed by atoms with Crippen LogP contribution in [0.25, 0.3) is 27.9 Å². The molecule has 0 radical (unpaired) electrons. The number of pyridine rings is 3. The van der Waals surface area contributed by atoms with Gasteiger partial charge >= 0.3 is 0 Å². The molecule has 4 aromatic heterocycles. The third-order valence-electron chi connectivity index (χ3n) is 6.12. The Bertz CT molecular complexity index is 1310. The van der Waals surface area contributed by atoms with Crippen molar-refractivity contribution in [2.45, 2.75) is 25.3 Å². The number of hydrogen-bond donors (Lipinski definition) is 1. The highest BCUT2D eigenvalue weighted by Gasteiger charge is 2.45. The Kier molecular flexibility index (Phi) is 3.82. The average molecular weight is 423 g/mol. The maximum Gasteiger partial charge on any atom is 0.173 e. The van der Waals surface area contributed by atoms with Crippen molar-refractivity contribution in [2.24, 2.45) is 0 Å². The Morgan fingerprint density at radius 1 is 1.17 bits per heavy atom. The van der Waals surface area contributed by atoms with Crippen LogP contribution in [0.1, 0.15) is 18.5 Å². The monoisotopic (exact) mass is 422 g/mol. The Labute approximate surface area is 177 Å². The summed E-state index contributed by atoms with van der Waals surface area (Å²) in [5, 5.41) is 4.99. The molecule has 1 saturated heterocycles. The summed E-state index contributed by atoms with van der Waals surface area (Å²) in [4.78, 5) is 15.8. The van der Waals surface area contributed by atoms with Crippen molar-refractivity contribution >= 4 is 34.0 Å². The fraction of sp³-hybridized carbons (Fsp3) is 0.318. The topological polar surface area (TPSA) is 58.4 Å². The molecule has 0 atom stereocenters. The lowest BCUT2D eigenvalue weighted by Gasteiger charge is -2.35. The van der Waals surface area contributed by atoms with Gasteiger partial charge in [-0.3, -0.25) is 0 Å². The summed E-state index contributed by atoms with van der Waals surface area (Å²) in [5.74, 6) is -0.394. The molecule has 2 fully saturated rings. The molecule has 4 aromatic rings. The third-order valence-corrected chi connectivity index (χ3v) is 6.43. The quantitative estimate of drug-likeness (QED) is 0.529. The molecule has 1 aliphatic heterocycles. The number of fused-ring (bicyclic) bond motifs is 2. The van der Waals surface area contributed by atoms with Crippen LogP contribution >= 0.6 is 11.6 Å². The van der Waals surface area contributed by atoms with Crippen LogP contribution in [0.4, 0.5) is 10.1 Å². The van der Waals surface area contributed by atoms with Crippen molar-refractivity contribution in [1.29, 1.82) is 0 Å². The van der Waals surface area contributed by atoms with Gasteiger partial charge in [-0.1, -0.05) is 11.6 Å². The zero-order valence-corrected chi connectivity index (χ0v) is 17.2. The second-order valence-corrected chi connectivity index (χ2v) is 8.78. The van der Waals surface area contributed by atoms with Gasteiger partial charge in [-0.25, -0.2) is 19.3 Å². The van der Waals surface area contributed by atoms with Crippen LogP contribution < -0.4 is 10.2 Å². The highest BCUT2D eigenvalue weighted by molar-refractivity contribution is 6.35. The lowest BCUT2D eigenvalue weighted by Crippen LogP contribution is -2.52. The van der Waals surface area contributed by atoms with Crippen LogP contribution in [0.3, 0.4) is 0 Å². The minimum atomic E-state index is -0.394. The molecule has 5 heterocycles. The molecule has 0 unspecified atom stereocenters. The van der Waals surface area contributed by atoms with E-state index in [1.165, 1.54) is 18.9 Å². The van der Waals surface area contributed by atoms with Crippen LogP contribution in [0, 0.1) is 12.7 Å². The molecular formula is C22H20ClFN6. The number of nitrogens with zero attached hydrogens (tertiary/aromatic N) is 5. The number of halogens is 2. The van der Waals surface area contributed by atoms with E-state index in [1.807, 2.05) is 19.3 Å². The maximum atomic E-state index is 14.5. The molecule has 0 aromatic carbocycles. The molecule has 1 aliphatic carbocycles. The number of imidazole rings is 1. The second-order valence-electron chi connectivity index (χ2n) is 8.37. The van der Waals surface area contributed by atoms with Gasteiger partial charge in [0.25, 0.3) is 0 Å². The van der Waals surface area contributed by atoms with Crippen molar-refractivity contribution in [3.8, 4) is 11.3 Å². The van der Waals surface area contributed by atoms with E-state index in [-0.39, 0.29) is 5.54 Å². The number of aryl methyl sites for hydroxylation is 1. The molecular weight excluding hydrogens is 403 g/mol. The number of aromatic nitrogens is 4. The van der Waals surface area contributed by atoms with Gasteiger partial charge in [0.05, 0.1) is 28.3 Å². The van der Waals surface area contributed by atoms with Crippen LogP contribution in [-0.4, -0.2) is 44.5 Å². The highest BCUT2D eigenvalue weighted by atomic mass is 35.5. The fourth-order valence-electron chi connectivity index (χ4n) is 4.36. The van der Waals surface area contributed by atoms with Crippen LogP contribution in [-0.2, 0) is 0 Å². The smallest absolute Gasteiger partial charge is 0.173 e. The highest BCUT2D eigenvalue weighted by Crippen LogP contribution is 2.39. The number of anilines is 1. The molecule has 0 bridgehead atoms. The predicted octanol–water partition coefficient (Wildman–Crippen LogP) is 3.99. The van der Waals surface area contributed by atoms with Gasteiger partial charge in [0.1, 0.15) is 0 Å². The second kappa shape index (κ2) is 6.36. The first-order chi connectivity index (χ1) is 14.5. The fourth-order valence-corrected chi connectivity index (χ4v) is 4.60. The van der Waals surface area contributed by atoms with Gasteiger partial charge in [0.15, 0.2) is 17.1 Å². The Hall–Kier alpha value is -2.77. The van der Waals surface area contributed by atoms with Crippen LogP contribution in [0.15, 0.2) is 36.8 Å². The van der Waals surface area contributed by atoms with E-state index in [2.05, 4.69) is 31.2 Å². The number of rotatable bonds is 2. The third kappa shape index (κ3) is 2.92. The normalized spacial score (nSPS) is 17.9. The standard InChI is InChI=1S/C22H20ClFN6/c1-13-10-30-11-14(6-18(24)21(30)27-13)19-8-17(23)16-7-15(9-25-20(16)28-19)29-5-4-26-22(12-29)2-3-22/h6-11,26H,2-5,12H2,1H3. The van der Waals surface area contributed by atoms with Gasteiger partial charge < -0.3 is 14.6 Å². The predicted molar refractivity (Wildman–Crippen MR) is 116 cm³/mol. The summed E-state index contributed by atoms with van der Waals surface area (Å²) >= 11 is 6.63. The van der Waals surface area contributed by atoms with Gasteiger partial charge in [-0.15, -0.1) is 0 Å². The number of nitrogens with one attached hydrogen (secondary N) is 1. The first kappa shape index (κ1) is 18.0. The summed E-state index contributed by atoms with van der Waals surface area (Å²) < 4.78 is 16.2. The van der Waals surface area contributed by atoms with E-state index in [0.29, 0.717) is 27.6 Å². The molecule has 6 rings (SSSR count). The summed E-state index contributed by atoms with van der Waals surface area (Å²) in [6.07, 6.45) is 7.92. The van der Waals surface area contributed by atoms with E-state index in [9.17, 15) is 4.39 Å². The molecule has 0 amide bonds. The first-order valence-corrected chi connectivity index (χ1v) is 10.5. The Morgan fingerprint density at radius 3 is 2.87 bits per heavy atom. The van der Waals surface area contributed by atoms with Crippen molar-refractivity contribution in [2.75, 3.05) is 24.5 Å². The first-order valence-electron chi connectivity index (χ1n) is 10.1. The molecule has 30 heavy (non-hydrogen) atoms. The van der Waals surface area contributed by atoms with E-state index in [0.717, 1.165) is 36.4 Å². The largest absolute Gasteiger partial charge is 0.367 e. The molecule has 6 nitrogen and oxygen atoms in total. The zero-order valence-electron chi connectivity index (χ0n) is 16.5. The summed E-state index contributed by atoms with van der Waals surface area (Å²) in [5.41, 5.74) is 4.17.